The van der Waals surface area contributed by atoms with Crippen molar-refractivity contribution in [3.63, 3.8) is 0 Å². The zero-order chi connectivity index (χ0) is 28.1. The lowest BCUT2D eigenvalue weighted by Gasteiger charge is -2.16. The van der Waals surface area contributed by atoms with Gasteiger partial charge in [-0.25, -0.2) is 4.79 Å². The highest BCUT2D eigenvalue weighted by atomic mass is 32.1. The number of halogens is 6. The van der Waals surface area contributed by atoms with E-state index in [-0.39, 0.29) is 16.4 Å². The number of thiocarbonyl (C=S) groups is 1. The number of esters is 1. The Bertz CT molecular complexity index is 1260. The molecule has 3 rings (SSSR count). The van der Waals surface area contributed by atoms with Crippen LogP contribution in [-0.2, 0) is 4.74 Å². The van der Waals surface area contributed by atoms with Crippen molar-refractivity contribution >= 4 is 45.3 Å². The fraction of sp³-hybridized carbons (Fsp3) is 0.250. The first-order chi connectivity index (χ1) is 17.8. The molecule has 2 aromatic carbocycles. The van der Waals surface area contributed by atoms with Crippen molar-refractivity contribution in [1.29, 1.82) is 0 Å². The molecule has 0 unspecified atom stereocenters. The summed E-state index contributed by atoms with van der Waals surface area (Å²) in [7, 11) is 1.22. The van der Waals surface area contributed by atoms with Gasteiger partial charge < -0.3 is 24.8 Å². The molecule has 0 amide bonds. The van der Waals surface area contributed by atoms with Gasteiger partial charge in [0.1, 0.15) is 22.1 Å². The van der Waals surface area contributed by atoms with Crippen LogP contribution < -0.4 is 20.1 Å². The lowest BCUT2D eigenvalue weighted by molar-refractivity contribution is -0.153. The molecule has 1 aromatic heterocycles. The first-order valence-corrected chi connectivity index (χ1v) is 11.9. The molecule has 2 N–H and O–H groups in total. The predicted octanol–water partition coefficient (Wildman–Crippen LogP) is 7.20. The van der Waals surface area contributed by atoms with E-state index in [4.69, 9.17) is 17.0 Å². The second-order valence-electron chi connectivity index (χ2n) is 7.67. The molecule has 1 heterocycles. The zero-order valence-electron chi connectivity index (χ0n) is 19.8. The van der Waals surface area contributed by atoms with Gasteiger partial charge in [0.15, 0.2) is 18.3 Å². The van der Waals surface area contributed by atoms with E-state index in [2.05, 4.69) is 20.1 Å². The Morgan fingerprint density at radius 2 is 1.47 bits per heavy atom. The molecule has 0 atom stereocenters. The van der Waals surface area contributed by atoms with E-state index in [1.54, 1.807) is 19.1 Å². The van der Waals surface area contributed by atoms with Crippen LogP contribution in [0.25, 0.3) is 11.1 Å². The molecule has 14 heteroatoms. The molecule has 3 aromatic rings. The number of ether oxygens (including phenoxy) is 3. The number of carbonyl (C=O) groups excluding carboxylic acids is 1. The second-order valence-corrected chi connectivity index (χ2v) is 9.31. The van der Waals surface area contributed by atoms with Gasteiger partial charge in [0, 0.05) is 34.3 Å². The molecule has 0 fully saturated rings. The van der Waals surface area contributed by atoms with E-state index in [1.807, 2.05) is 18.2 Å². The van der Waals surface area contributed by atoms with E-state index in [1.165, 1.54) is 18.4 Å². The molecule has 0 saturated heterocycles. The summed E-state index contributed by atoms with van der Waals surface area (Å²) in [6, 6.07) is 12.2. The largest absolute Gasteiger partial charge is 0.484 e. The van der Waals surface area contributed by atoms with Crippen molar-refractivity contribution in [1.82, 2.24) is 0 Å². The van der Waals surface area contributed by atoms with E-state index in [9.17, 15) is 31.1 Å². The number of carbonyl (C=O) groups is 1. The van der Waals surface area contributed by atoms with Gasteiger partial charge in [-0.2, -0.15) is 26.3 Å². The maximum atomic E-state index is 12.6. The molecule has 6 nitrogen and oxygen atoms in total. The molecule has 0 saturated carbocycles. The van der Waals surface area contributed by atoms with Crippen LogP contribution in [0, 0.1) is 6.92 Å². The lowest BCUT2D eigenvalue weighted by atomic mass is 10.0. The minimum Gasteiger partial charge on any atom is -0.484 e. The van der Waals surface area contributed by atoms with Crippen LogP contribution in [0.1, 0.15) is 15.2 Å². The average molecular weight is 579 g/mol. The molecule has 0 aliphatic heterocycles. The summed E-state index contributed by atoms with van der Waals surface area (Å²) in [6.07, 6.45) is -9.35. The van der Waals surface area contributed by atoms with Gasteiger partial charge in [-0.1, -0.05) is 30.3 Å². The highest BCUT2D eigenvalue weighted by Gasteiger charge is 2.30. The summed E-state index contributed by atoms with van der Waals surface area (Å²) in [4.78, 5) is 13.4. The number of nitrogens with one attached hydrogen (secondary N) is 2. The van der Waals surface area contributed by atoms with Gasteiger partial charge in [0.25, 0.3) is 0 Å². The van der Waals surface area contributed by atoms with Crippen molar-refractivity contribution in [2.45, 2.75) is 19.3 Å². The van der Waals surface area contributed by atoms with Gasteiger partial charge in [0.2, 0.25) is 0 Å². The highest BCUT2D eigenvalue weighted by Crippen LogP contribution is 2.40. The fourth-order valence-corrected chi connectivity index (χ4v) is 4.64. The molecule has 0 bridgehead atoms. The van der Waals surface area contributed by atoms with Crippen LogP contribution >= 0.6 is 23.6 Å². The number of alkyl halides is 6. The third-order valence-corrected chi connectivity index (χ3v) is 5.93. The van der Waals surface area contributed by atoms with Crippen LogP contribution in [0.4, 0.5) is 37.0 Å². The summed E-state index contributed by atoms with van der Waals surface area (Å²) >= 11 is 6.50. The Morgan fingerprint density at radius 3 is 1.97 bits per heavy atom. The summed E-state index contributed by atoms with van der Waals surface area (Å²) in [5.74, 6) is -1.44. The smallest absolute Gasteiger partial charge is 0.422 e. The number of benzene rings is 2. The van der Waals surface area contributed by atoms with Crippen LogP contribution in [-0.4, -0.2) is 43.8 Å². The number of hydrogen-bond acceptors (Lipinski definition) is 6. The molecule has 38 heavy (non-hydrogen) atoms. The molecular formula is C24H20F6N2O4S2. The number of methoxy groups -OCH3 is 1. The van der Waals surface area contributed by atoms with Crippen molar-refractivity contribution in [2.75, 3.05) is 31.0 Å². The van der Waals surface area contributed by atoms with Gasteiger partial charge >= 0.3 is 18.3 Å². The van der Waals surface area contributed by atoms with E-state index in [0.29, 0.717) is 10.6 Å². The summed E-state index contributed by atoms with van der Waals surface area (Å²) in [5, 5.41) is 5.74. The molecule has 0 aliphatic rings. The average Bonchev–Trinajstić information content (AvgIpc) is 3.15. The first-order valence-electron chi connectivity index (χ1n) is 10.6. The summed E-state index contributed by atoms with van der Waals surface area (Å²) < 4.78 is 89.9. The molecular weight excluding hydrogens is 558 g/mol. The van der Waals surface area contributed by atoms with Gasteiger partial charge in [-0.15, -0.1) is 11.3 Å². The van der Waals surface area contributed by atoms with Crippen LogP contribution in [0.15, 0.2) is 48.5 Å². The SMILES string of the molecule is COC(=O)c1c(NC(=S)Nc2cc(OCC(F)(F)F)cc(OCC(F)(F)F)c2)sc(C)c1-c1ccccc1. The Kier molecular flexibility index (Phi) is 9.09. The van der Waals surface area contributed by atoms with E-state index < -0.39 is 43.0 Å². The molecule has 204 valence electrons. The van der Waals surface area contributed by atoms with Crippen molar-refractivity contribution < 1.29 is 45.3 Å². The first kappa shape index (κ1) is 29.0. The quantitative estimate of drug-likeness (QED) is 0.166. The minimum absolute atomic E-state index is 0.0180. The van der Waals surface area contributed by atoms with Gasteiger partial charge in [-0.3, -0.25) is 0 Å². The standard InChI is InChI=1S/C24H20F6N2O4S2/c1-13-18(14-6-4-3-5-7-14)19(21(33)34-2)20(38-13)32-22(37)31-15-8-16(35-11-23(25,26)27)10-17(9-15)36-12-24(28,29)30/h3-10H,11-12H2,1-2H3,(H2,31,32,37). The van der Waals surface area contributed by atoms with Crippen LogP contribution in [0.5, 0.6) is 11.5 Å². The summed E-state index contributed by atoms with van der Waals surface area (Å²) in [6.45, 7) is -1.54. The number of aryl methyl sites for hydroxylation is 1. The zero-order valence-corrected chi connectivity index (χ0v) is 21.4. The van der Waals surface area contributed by atoms with Crippen molar-refractivity contribution in [3.8, 4) is 22.6 Å². The number of rotatable bonds is 8. The molecule has 0 aliphatic carbocycles. The normalized spacial score (nSPS) is 11.6. The van der Waals surface area contributed by atoms with Crippen LogP contribution in [0.3, 0.4) is 0 Å². The molecule has 0 spiro atoms. The Morgan fingerprint density at radius 1 is 0.921 bits per heavy atom. The van der Waals surface area contributed by atoms with Crippen LogP contribution in [0.2, 0.25) is 0 Å². The summed E-state index contributed by atoms with van der Waals surface area (Å²) in [5.41, 5.74) is 1.57. The van der Waals surface area contributed by atoms with Gasteiger partial charge in [-0.05, 0) is 24.7 Å². The maximum absolute atomic E-state index is 12.6. The minimum atomic E-state index is -4.68. The number of hydrogen-bond donors (Lipinski definition) is 2. The Labute approximate surface area is 222 Å². The highest BCUT2D eigenvalue weighted by molar-refractivity contribution is 7.80. The Balaban J connectivity index is 1.88. The van der Waals surface area contributed by atoms with Gasteiger partial charge in [0.05, 0.1) is 7.11 Å². The van der Waals surface area contributed by atoms with Crippen molar-refractivity contribution in [3.05, 3.63) is 59.0 Å². The second kappa shape index (κ2) is 11.9. The van der Waals surface area contributed by atoms with E-state index >= 15 is 0 Å². The Hall–Kier alpha value is -3.52. The monoisotopic (exact) mass is 578 g/mol. The van der Waals surface area contributed by atoms with Crippen molar-refractivity contribution in [2.24, 2.45) is 0 Å². The number of thiophene rings is 1. The third kappa shape index (κ3) is 8.25. The lowest BCUT2D eigenvalue weighted by Crippen LogP contribution is -2.22. The van der Waals surface area contributed by atoms with E-state index in [0.717, 1.165) is 28.6 Å². The maximum Gasteiger partial charge on any atom is 0.422 e. The fourth-order valence-electron chi connectivity index (χ4n) is 3.29. The predicted molar refractivity (Wildman–Crippen MR) is 135 cm³/mol. The topological polar surface area (TPSA) is 68.8 Å². The number of anilines is 2. The third-order valence-electron chi connectivity index (χ3n) is 4.71. The molecule has 0 radical (unpaired) electrons.